The number of rotatable bonds is 7. The van der Waals surface area contributed by atoms with Gasteiger partial charge in [-0.2, -0.15) is 0 Å². The van der Waals surface area contributed by atoms with Gasteiger partial charge in [0.15, 0.2) is 0 Å². The second-order valence-electron chi connectivity index (χ2n) is 4.59. The standard InChI is InChI=1S/C15H24FNO/c1-5-9-17-15(12(4)18-6-2)14-10-13(16)8-7-11(14)3/h7-8,10,12,15,17H,5-6,9H2,1-4H3. The van der Waals surface area contributed by atoms with Gasteiger partial charge in [0, 0.05) is 6.61 Å². The SMILES string of the molecule is CCCNC(c1cc(F)ccc1C)C(C)OCC. The highest BCUT2D eigenvalue weighted by atomic mass is 19.1. The first-order valence-corrected chi connectivity index (χ1v) is 6.71. The van der Waals surface area contributed by atoms with Crippen molar-refractivity contribution in [2.75, 3.05) is 13.2 Å². The zero-order valence-corrected chi connectivity index (χ0v) is 11.8. The number of aryl methyl sites for hydroxylation is 1. The van der Waals surface area contributed by atoms with Gasteiger partial charge in [-0.25, -0.2) is 4.39 Å². The van der Waals surface area contributed by atoms with Gasteiger partial charge >= 0.3 is 0 Å². The van der Waals surface area contributed by atoms with Crippen molar-refractivity contribution in [1.29, 1.82) is 0 Å². The Labute approximate surface area is 110 Å². The molecule has 18 heavy (non-hydrogen) atoms. The molecule has 0 aromatic heterocycles. The molecule has 0 saturated carbocycles. The molecule has 0 aliphatic carbocycles. The van der Waals surface area contributed by atoms with Gasteiger partial charge in [-0.3, -0.25) is 0 Å². The van der Waals surface area contributed by atoms with E-state index in [-0.39, 0.29) is 18.0 Å². The molecule has 2 unspecified atom stereocenters. The van der Waals surface area contributed by atoms with E-state index < -0.39 is 0 Å². The number of nitrogens with one attached hydrogen (secondary N) is 1. The maximum Gasteiger partial charge on any atom is 0.123 e. The van der Waals surface area contributed by atoms with E-state index in [0.717, 1.165) is 24.1 Å². The Hall–Kier alpha value is -0.930. The van der Waals surface area contributed by atoms with Gasteiger partial charge in [0.05, 0.1) is 12.1 Å². The van der Waals surface area contributed by atoms with Crippen molar-refractivity contribution in [3.05, 3.63) is 35.1 Å². The quantitative estimate of drug-likeness (QED) is 0.801. The number of halogens is 1. The zero-order chi connectivity index (χ0) is 13.5. The van der Waals surface area contributed by atoms with Gasteiger partial charge < -0.3 is 10.1 Å². The molecule has 0 spiro atoms. The minimum atomic E-state index is -0.192. The summed E-state index contributed by atoms with van der Waals surface area (Å²) in [7, 11) is 0. The fourth-order valence-electron chi connectivity index (χ4n) is 2.13. The molecule has 0 amide bonds. The molecule has 1 rings (SSSR count). The highest BCUT2D eigenvalue weighted by Gasteiger charge is 2.21. The maximum atomic E-state index is 13.4. The lowest BCUT2D eigenvalue weighted by atomic mass is 9.97. The highest BCUT2D eigenvalue weighted by molar-refractivity contribution is 5.30. The minimum absolute atomic E-state index is 0.0297. The predicted molar refractivity (Wildman–Crippen MR) is 73.3 cm³/mol. The number of hydrogen-bond donors (Lipinski definition) is 1. The normalized spacial score (nSPS) is 14.5. The Morgan fingerprint density at radius 3 is 2.67 bits per heavy atom. The molecule has 102 valence electrons. The van der Waals surface area contributed by atoms with Crippen LogP contribution in [0.5, 0.6) is 0 Å². The molecule has 1 aromatic carbocycles. The summed E-state index contributed by atoms with van der Waals surface area (Å²) in [5.41, 5.74) is 2.08. The van der Waals surface area contributed by atoms with E-state index in [2.05, 4.69) is 12.2 Å². The number of benzene rings is 1. The fourth-order valence-corrected chi connectivity index (χ4v) is 2.13. The van der Waals surface area contributed by atoms with E-state index >= 15 is 0 Å². The summed E-state index contributed by atoms with van der Waals surface area (Å²) in [6, 6.07) is 4.98. The summed E-state index contributed by atoms with van der Waals surface area (Å²) in [5.74, 6) is -0.192. The second kappa shape index (κ2) is 7.49. The van der Waals surface area contributed by atoms with Crippen molar-refractivity contribution < 1.29 is 9.13 Å². The van der Waals surface area contributed by atoms with Crippen molar-refractivity contribution in [2.24, 2.45) is 0 Å². The largest absolute Gasteiger partial charge is 0.377 e. The molecular weight excluding hydrogens is 229 g/mol. The molecule has 0 bridgehead atoms. The van der Waals surface area contributed by atoms with Gasteiger partial charge in [0.1, 0.15) is 5.82 Å². The van der Waals surface area contributed by atoms with Crippen LogP contribution in [0.4, 0.5) is 4.39 Å². The summed E-state index contributed by atoms with van der Waals surface area (Å²) < 4.78 is 19.1. The first-order chi connectivity index (χ1) is 8.60. The minimum Gasteiger partial charge on any atom is -0.377 e. The van der Waals surface area contributed by atoms with E-state index in [1.165, 1.54) is 6.07 Å². The highest BCUT2D eigenvalue weighted by Crippen LogP contribution is 2.23. The topological polar surface area (TPSA) is 21.3 Å². The summed E-state index contributed by atoms with van der Waals surface area (Å²) in [6.07, 6.45) is 1.08. The Morgan fingerprint density at radius 2 is 2.06 bits per heavy atom. The molecule has 2 atom stereocenters. The summed E-state index contributed by atoms with van der Waals surface area (Å²) in [6.45, 7) is 9.70. The van der Waals surface area contributed by atoms with Crippen LogP contribution in [0.3, 0.4) is 0 Å². The average Bonchev–Trinajstić information content (AvgIpc) is 2.34. The van der Waals surface area contributed by atoms with Crippen LogP contribution in [0, 0.1) is 12.7 Å². The molecule has 0 radical (unpaired) electrons. The molecule has 1 N–H and O–H groups in total. The van der Waals surface area contributed by atoms with Crippen LogP contribution in [0.15, 0.2) is 18.2 Å². The van der Waals surface area contributed by atoms with Gasteiger partial charge in [0.25, 0.3) is 0 Å². The lowest BCUT2D eigenvalue weighted by Gasteiger charge is -2.27. The molecule has 1 aromatic rings. The molecule has 0 aliphatic rings. The van der Waals surface area contributed by atoms with E-state index in [9.17, 15) is 4.39 Å². The van der Waals surface area contributed by atoms with E-state index in [4.69, 9.17) is 4.74 Å². The van der Waals surface area contributed by atoms with Gasteiger partial charge in [-0.05, 0) is 57.0 Å². The fraction of sp³-hybridized carbons (Fsp3) is 0.600. The average molecular weight is 253 g/mol. The first kappa shape index (κ1) is 15.1. The summed E-state index contributed by atoms with van der Waals surface area (Å²) in [5, 5.41) is 3.45. The number of hydrogen-bond acceptors (Lipinski definition) is 2. The molecule has 3 heteroatoms. The van der Waals surface area contributed by atoms with Crippen LogP contribution in [0.25, 0.3) is 0 Å². The first-order valence-electron chi connectivity index (χ1n) is 6.71. The summed E-state index contributed by atoms with van der Waals surface area (Å²) in [4.78, 5) is 0. The van der Waals surface area contributed by atoms with Crippen molar-refractivity contribution in [2.45, 2.75) is 46.3 Å². The monoisotopic (exact) mass is 253 g/mol. The lowest BCUT2D eigenvalue weighted by Crippen LogP contribution is -2.33. The van der Waals surface area contributed by atoms with Crippen LogP contribution >= 0.6 is 0 Å². The van der Waals surface area contributed by atoms with Crippen LogP contribution in [0.2, 0.25) is 0 Å². The third-order valence-electron chi connectivity index (χ3n) is 3.09. The second-order valence-corrected chi connectivity index (χ2v) is 4.59. The van der Waals surface area contributed by atoms with Crippen LogP contribution < -0.4 is 5.32 Å². The maximum absolute atomic E-state index is 13.4. The van der Waals surface area contributed by atoms with Crippen molar-refractivity contribution >= 4 is 0 Å². The zero-order valence-electron chi connectivity index (χ0n) is 11.8. The smallest absolute Gasteiger partial charge is 0.123 e. The Bertz CT molecular complexity index is 368. The third kappa shape index (κ3) is 4.07. The Kier molecular flexibility index (Phi) is 6.30. The molecule has 0 aliphatic heterocycles. The lowest BCUT2D eigenvalue weighted by molar-refractivity contribution is 0.0470. The van der Waals surface area contributed by atoms with Crippen LogP contribution in [-0.4, -0.2) is 19.3 Å². The van der Waals surface area contributed by atoms with Crippen molar-refractivity contribution in [1.82, 2.24) is 5.32 Å². The molecule has 0 saturated heterocycles. The van der Waals surface area contributed by atoms with E-state index in [1.54, 1.807) is 6.07 Å². The van der Waals surface area contributed by atoms with E-state index in [1.807, 2.05) is 26.8 Å². The Balaban J connectivity index is 2.96. The van der Waals surface area contributed by atoms with Gasteiger partial charge in [-0.1, -0.05) is 13.0 Å². The predicted octanol–water partition coefficient (Wildman–Crippen LogP) is 3.60. The van der Waals surface area contributed by atoms with Crippen LogP contribution in [0.1, 0.15) is 44.4 Å². The molecular formula is C15H24FNO. The van der Waals surface area contributed by atoms with Gasteiger partial charge in [-0.15, -0.1) is 0 Å². The van der Waals surface area contributed by atoms with Crippen molar-refractivity contribution in [3.8, 4) is 0 Å². The summed E-state index contributed by atoms with van der Waals surface area (Å²) >= 11 is 0. The van der Waals surface area contributed by atoms with E-state index in [0.29, 0.717) is 6.61 Å². The Morgan fingerprint density at radius 1 is 1.33 bits per heavy atom. The number of ether oxygens (including phenoxy) is 1. The third-order valence-corrected chi connectivity index (χ3v) is 3.09. The van der Waals surface area contributed by atoms with Gasteiger partial charge in [0.2, 0.25) is 0 Å². The molecule has 2 nitrogen and oxygen atoms in total. The van der Waals surface area contributed by atoms with Crippen molar-refractivity contribution in [3.63, 3.8) is 0 Å². The molecule has 0 fully saturated rings. The van der Waals surface area contributed by atoms with Crippen LogP contribution in [-0.2, 0) is 4.74 Å². The molecule has 0 heterocycles.